The SMILES string of the molecule is CCCC(CC)C1=CNC2[C@@H](F)CCC[C@@H]12. The Morgan fingerprint density at radius 3 is 2.94 bits per heavy atom. The van der Waals surface area contributed by atoms with E-state index in [1.807, 2.05) is 0 Å². The molecule has 1 aliphatic heterocycles. The van der Waals surface area contributed by atoms with Gasteiger partial charge in [-0.25, -0.2) is 4.39 Å². The summed E-state index contributed by atoms with van der Waals surface area (Å²) in [5.41, 5.74) is 1.51. The van der Waals surface area contributed by atoms with Gasteiger partial charge in [0.05, 0.1) is 6.04 Å². The molecule has 2 aliphatic rings. The molecule has 2 heteroatoms. The highest BCUT2D eigenvalue weighted by Gasteiger charge is 2.39. The number of rotatable bonds is 4. The largest absolute Gasteiger partial charge is 0.385 e. The van der Waals surface area contributed by atoms with Crippen LogP contribution in [0.2, 0.25) is 0 Å². The van der Waals surface area contributed by atoms with Gasteiger partial charge in [-0.1, -0.05) is 20.3 Å². The minimum absolute atomic E-state index is 0.0923. The third-order valence-corrected chi connectivity index (χ3v) is 4.29. The average Bonchev–Trinajstić information content (AvgIpc) is 2.71. The van der Waals surface area contributed by atoms with Crippen LogP contribution in [0.3, 0.4) is 0 Å². The molecule has 0 radical (unpaired) electrons. The summed E-state index contributed by atoms with van der Waals surface area (Å²) < 4.78 is 13.8. The van der Waals surface area contributed by atoms with E-state index in [2.05, 4.69) is 25.4 Å². The Kier molecular flexibility index (Phi) is 3.88. The molecule has 2 rings (SSSR count). The summed E-state index contributed by atoms with van der Waals surface area (Å²) in [4.78, 5) is 0. The monoisotopic (exact) mass is 225 g/mol. The predicted molar refractivity (Wildman–Crippen MR) is 65.9 cm³/mol. The van der Waals surface area contributed by atoms with Gasteiger partial charge in [-0.3, -0.25) is 0 Å². The predicted octanol–water partition coefficient (Wildman–Crippen LogP) is 3.81. The molecule has 0 spiro atoms. The van der Waals surface area contributed by atoms with Crippen molar-refractivity contribution >= 4 is 0 Å². The Labute approximate surface area is 98.5 Å². The van der Waals surface area contributed by atoms with Crippen molar-refractivity contribution in [2.24, 2.45) is 11.8 Å². The zero-order valence-electron chi connectivity index (χ0n) is 10.5. The lowest BCUT2D eigenvalue weighted by Gasteiger charge is -2.32. The van der Waals surface area contributed by atoms with Crippen LogP contribution in [0.15, 0.2) is 11.8 Å². The molecule has 0 amide bonds. The van der Waals surface area contributed by atoms with Crippen molar-refractivity contribution in [3.05, 3.63) is 11.8 Å². The first-order chi connectivity index (χ1) is 7.77. The minimum Gasteiger partial charge on any atom is -0.385 e. The second kappa shape index (κ2) is 5.20. The molecule has 2 unspecified atom stereocenters. The van der Waals surface area contributed by atoms with E-state index in [0.29, 0.717) is 11.8 Å². The summed E-state index contributed by atoms with van der Waals surface area (Å²) in [5, 5.41) is 3.29. The van der Waals surface area contributed by atoms with Crippen LogP contribution in [0.4, 0.5) is 4.39 Å². The number of alkyl halides is 1. The van der Waals surface area contributed by atoms with Crippen LogP contribution in [0.1, 0.15) is 52.4 Å². The summed E-state index contributed by atoms with van der Waals surface area (Å²) in [7, 11) is 0. The van der Waals surface area contributed by atoms with Gasteiger partial charge in [0.25, 0.3) is 0 Å². The third kappa shape index (κ3) is 2.11. The Bertz CT molecular complexity index is 261. The van der Waals surface area contributed by atoms with E-state index in [1.165, 1.54) is 31.3 Å². The van der Waals surface area contributed by atoms with Gasteiger partial charge in [-0.2, -0.15) is 0 Å². The maximum absolute atomic E-state index is 13.8. The third-order valence-electron chi connectivity index (χ3n) is 4.29. The van der Waals surface area contributed by atoms with E-state index in [1.54, 1.807) is 0 Å². The molecule has 1 N–H and O–H groups in total. The zero-order chi connectivity index (χ0) is 11.5. The highest BCUT2D eigenvalue weighted by molar-refractivity contribution is 5.21. The second-order valence-electron chi connectivity index (χ2n) is 5.28. The van der Waals surface area contributed by atoms with Crippen molar-refractivity contribution in [2.75, 3.05) is 0 Å². The molecule has 0 aromatic heterocycles. The normalized spacial score (nSPS) is 35.2. The van der Waals surface area contributed by atoms with Gasteiger partial charge in [0.15, 0.2) is 0 Å². The summed E-state index contributed by atoms with van der Waals surface area (Å²) in [6.07, 6.45) is 8.18. The van der Waals surface area contributed by atoms with Gasteiger partial charge in [0.1, 0.15) is 6.17 Å². The van der Waals surface area contributed by atoms with E-state index in [0.717, 1.165) is 12.8 Å². The summed E-state index contributed by atoms with van der Waals surface area (Å²) in [5.74, 6) is 1.16. The van der Waals surface area contributed by atoms with Crippen molar-refractivity contribution < 1.29 is 4.39 Å². The molecular formula is C14H24FN. The Morgan fingerprint density at radius 1 is 1.44 bits per heavy atom. The van der Waals surface area contributed by atoms with E-state index in [9.17, 15) is 4.39 Å². The maximum Gasteiger partial charge on any atom is 0.121 e. The van der Waals surface area contributed by atoms with Gasteiger partial charge >= 0.3 is 0 Å². The number of fused-ring (bicyclic) bond motifs is 1. The first kappa shape index (κ1) is 11.9. The van der Waals surface area contributed by atoms with Gasteiger partial charge in [-0.15, -0.1) is 0 Å². The fourth-order valence-corrected chi connectivity index (χ4v) is 3.41. The lowest BCUT2D eigenvalue weighted by atomic mass is 9.75. The summed E-state index contributed by atoms with van der Waals surface area (Å²) in [6.45, 7) is 4.49. The topological polar surface area (TPSA) is 12.0 Å². The Morgan fingerprint density at radius 2 is 2.25 bits per heavy atom. The van der Waals surface area contributed by atoms with Crippen LogP contribution in [0, 0.1) is 11.8 Å². The van der Waals surface area contributed by atoms with Crippen LogP contribution in [-0.4, -0.2) is 12.2 Å². The molecule has 16 heavy (non-hydrogen) atoms. The number of hydrogen-bond acceptors (Lipinski definition) is 1. The lowest BCUT2D eigenvalue weighted by molar-refractivity contribution is 0.169. The number of nitrogens with one attached hydrogen (secondary N) is 1. The molecule has 0 saturated heterocycles. The van der Waals surface area contributed by atoms with Crippen molar-refractivity contribution in [3.8, 4) is 0 Å². The van der Waals surface area contributed by atoms with E-state index in [-0.39, 0.29) is 6.04 Å². The second-order valence-corrected chi connectivity index (χ2v) is 5.28. The number of hydrogen-bond donors (Lipinski definition) is 1. The van der Waals surface area contributed by atoms with E-state index >= 15 is 0 Å². The fraction of sp³-hybridized carbons (Fsp3) is 0.857. The lowest BCUT2D eigenvalue weighted by Crippen LogP contribution is -2.40. The summed E-state index contributed by atoms with van der Waals surface area (Å²) >= 11 is 0. The Hall–Kier alpha value is -0.530. The molecule has 1 nitrogen and oxygen atoms in total. The molecule has 92 valence electrons. The standard InChI is InChI=1S/C14H24FN/c1-3-6-10(4-2)12-9-16-14-11(12)7-5-8-13(14)15/h9-11,13-14,16H,3-8H2,1-2H3/t10?,11-,13-,14?/m0/s1. The number of halogens is 1. The van der Waals surface area contributed by atoms with Crippen LogP contribution in [0.5, 0.6) is 0 Å². The molecule has 1 heterocycles. The molecule has 0 aromatic carbocycles. The highest BCUT2D eigenvalue weighted by Crippen LogP contribution is 2.40. The molecule has 0 bridgehead atoms. The van der Waals surface area contributed by atoms with Crippen LogP contribution >= 0.6 is 0 Å². The average molecular weight is 225 g/mol. The smallest absolute Gasteiger partial charge is 0.121 e. The van der Waals surface area contributed by atoms with Gasteiger partial charge in [0.2, 0.25) is 0 Å². The van der Waals surface area contributed by atoms with Crippen LogP contribution in [0.25, 0.3) is 0 Å². The molecule has 1 aliphatic carbocycles. The maximum atomic E-state index is 13.8. The molecule has 0 aromatic rings. The van der Waals surface area contributed by atoms with Gasteiger partial charge < -0.3 is 5.32 Å². The Balaban J connectivity index is 2.05. The zero-order valence-corrected chi connectivity index (χ0v) is 10.5. The van der Waals surface area contributed by atoms with Crippen molar-refractivity contribution in [1.82, 2.24) is 5.32 Å². The van der Waals surface area contributed by atoms with E-state index in [4.69, 9.17) is 0 Å². The van der Waals surface area contributed by atoms with Crippen LogP contribution in [-0.2, 0) is 0 Å². The quantitative estimate of drug-likeness (QED) is 0.767. The fourth-order valence-electron chi connectivity index (χ4n) is 3.41. The summed E-state index contributed by atoms with van der Waals surface area (Å²) in [6, 6.07) is 0.0923. The first-order valence-corrected chi connectivity index (χ1v) is 6.88. The first-order valence-electron chi connectivity index (χ1n) is 6.88. The highest BCUT2D eigenvalue weighted by atomic mass is 19.1. The molecule has 4 atom stereocenters. The van der Waals surface area contributed by atoms with Gasteiger partial charge in [-0.05, 0) is 49.8 Å². The molecule has 1 fully saturated rings. The van der Waals surface area contributed by atoms with Crippen molar-refractivity contribution in [3.63, 3.8) is 0 Å². The minimum atomic E-state index is -0.633. The molecular weight excluding hydrogens is 201 g/mol. The van der Waals surface area contributed by atoms with Crippen LogP contribution < -0.4 is 5.32 Å². The van der Waals surface area contributed by atoms with Gasteiger partial charge in [0, 0.05) is 5.92 Å². The van der Waals surface area contributed by atoms with E-state index < -0.39 is 6.17 Å². The van der Waals surface area contributed by atoms with Crippen molar-refractivity contribution in [2.45, 2.75) is 64.6 Å². The molecule has 1 saturated carbocycles. The van der Waals surface area contributed by atoms with Crippen molar-refractivity contribution in [1.29, 1.82) is 0 Å².